The van der Waals surface area contributed by atoms with E-state index in [0.29, 0.717) is 59.8 Å². The molecule has 4 atom stereocenters. The van der Waals surface area contributed by atoms with Crippen LogP contribution in [0.3, 0.4) is 0 Å². The lowest BCUT2D eigenvalue weighted by Gasteiger charge is -2.18. The number of methoxy groups -OCH3 is 1. The zero-order valence-corrected chi connectivity index (χ0v) is 30.4. The zero-order valence-electron chi connectivity index (χ0n) is 28.9. The SMILES string of the molecule is COc1nc(O[C@H]2CCc3c(-c4cccc(C(=O)Nc5ccc(CN[C@@H]6CCC[C@@H]6O)cn5)c4Cl)cccc32)c(Cl)cc1CNC[C@@H]1CCC(=O)N1. The Kier molecular flexibility index (Phi) is 11.2. The molecule has 1 saturated carbocycles. The summed E-state index contributed by atoms with van der Waals surface area (Å²) in [5, 5.41) is 23.4. The lowest BCUT2D eigenvalue weighted by Crippen LogP contribution is -2.35. The summed E-state index contributed by atoms with van der Waals surface area (Å²) in [6.07, 6.45) is 6.74. The van der Waals surface area contributed by atoms with E-state index in [1.807, 2.05) is 36.4 Å². The zero-order chi connectivity index (χ0) is 36.2. The third kappa shape index (κ3) is 8.04. The van der Waals surface area contributed by atoms with Gasteiger partial charge < -0.3 is 35.8 Å². The first-order chi connectivity index (χ1) is 25.3. The van der Waals surface area contributed by atoms with Gasteiger partial charge in [0, 0.05) is 55.5 Å². The number of aromatic nitrogens is 2. The van der Waals surface area contributed by atoms with E-state index in [9.17, 15) is 14.7 Å². The molecule has 4 aromatic rings. The lowest BCUT2D eigenvalue weighted by molar-refractivity contribution is -0.119. The van der Waals surface area contributed by atoms with Gasteiger partial charge in [0.1, 0.15) is 16.9 Å². The summed E-state index contributed by atoms with van der Waals surface area (Å²) in [5.41, 5.74) is 5.88. The second-order valence-corrected chi connectivity index (χ2v) is 14.3. The highest BCUT2D eigenvalue weighted by Gasteiger charge is 2.30. The van der Waals surface area contributed by atoms with Crippen LogP contribution in [0.5, 0.6) is 11.8 Å². The Labute approximate surface area is 312 Å². The van der Waals surface area contributed by atoms with E-state index in [-0.39, 0.29) is 42.0 Å². The number of nitrogens with one attached hydrogen (secondary N) is 4. The number of rotatable bonds is 13. The van der Waals surface area contributed by atoms with E-state index in [0.717, 1.165) is 65.5 Å². The van der Waals surface area contributed by atoms with Crippen molar-refractivity contribution >= 4 is 40.8 Å². The molecule has 0 radical (unpaired) electrons. The minimum absolute atomic E-state index is 0.0810. The monoisotopic (exact) mass is 744 g/mol. The molecule has 1 saturated heterocycles. The van der Waals surface area contributed by atoms with Crippen LogP contribution in [0.1, 0.15) is 77.2 Å². The molecule has 2 aromatic carbocycles. The average molecular weight is 746 g/mol. The van der Waals surface area contributed by atoms with Gasteiger partial charge in [-0.3, -0.25) is 9.59 Å². The number of carbonyl (C=O) groups is 2. The molecule has 272 valence electrons. The first-order valence-corrected chi connectivity index (χ1v) is 18.5. The number of aliphatic hydroxyl groups excluding tert-OH is 1. The van der Waals surface area contributed by atoms with Gasteiger partial charge in [-0.25, -0.2) is 4.98 Å². The van der Waals surface area contributed by atoms with E-state index in [2.05, 4.69) is 31.2 Å². The minimum atomic E-state index is -0.355. The number of halogens is 2. The summed E-state index contributed by atoms with van der Waals surface area (Å²) >= 11 is 13.6. The Balaban J connectivity index is 1.02. The van der Waals surface area contributed by atoms with Gasteiger partial charge in [0.15, 0.2) is 0 Å². The Bertz CT molecular complexity index is 1940. The molecule has 0 spiro atoms. The number of pyridine rings is 2. The molecule has 52 heavy (non-hydrogen) atoms. The Hall–Kier alpha value is -4.26. The van der Waals surface area contributed by atoms with E-state index in [4.69, 9.17) is 32.7 Å². The largest absolute Gasteiger partial charge is 0.481 e. The van der Waals surface area contributed by atoms with E-state index < -0.39 is 0 Å². The third-order valence-electron chi connectivity index (χ3n) is 10.1. The van der Waals surface area contributed by atoms with Crippen LogP contribution < -0.4 is 30.7 Å². The topological polar surface area (TPSA) is 147 Å². The number of benzene rings is 2. The number of nitrogens with zero attached hydrogens (tertiary/aromatic N) is 2. The van der Waals surface area contributed by atoms with Crippen molar-refractivity contribution in [3.63, 3.8) is 0 Å². The highest BCUT2D eigenvalue weighted by molar-refractivity contribution is 6.37. The van der Waals surface area contributed by atoms with Crippen LogP contribution in [-0.4, -0.2) is 58.7 Å². The Morgan fingerprint density at radius 3 is 2.60 bits per heavy atom. The van der Waals surface area contributed by atoms with Gasteiger partial charge in [-0.15, -0.1) is 0 Å². The predicted octanol–water partition coefficient (Wildman–Crippen LogP) is 6.15. The molecule has 3 heterocycles. The summed E-state index contributed by atoms with van der Waals surface area (Å²) in [6.45, 7) is 1.71. The first kappa shape index (κ1) is 36.1. The highest BCUT2D eigenvalue weighted by Crippen LogP contribution is 2.43. The number of hydrogen-bond donors (Lipinski definition) is 5. The Morgan fingerprint density at radius 2 is 1.85 bits per heavy atom. The van der Waals surface area contributed by atoms with Crippen LogP contribution in [0.25, 0.3) is 11.1 Å². The third-order valence-corrected chi connectivity index (χ3v) is 10.8. The van der Waals surface area contributed by atoms with E-state index in [1.165, 1.54) is 0 Å². The maximum atomic E-state index is 13.4. The molecule has 5 N–H and O–H groups in total. The summed E-state index contributed by atoms with van der Waals surface area (Å²) in [6, 6.07) is 17.1. The van der Waals surface area contributed by atoms with Crippen LogP contribution in [-0.2, 0) is 24.3 Å². The van der Waals surface area contributed by atoms with Gasteiger partial charge in [0.05, 0.1) is 23.8 Å². The number of carbonyl (C=O) groups excluding carboxylic acids is 2. The van der Waals surface area contributed by atoms with Gasteiger partial charge in [-0.2, -0.15) is 4.98 Å². The van der Waals surface area contributed by atoms with Crippen molar-refractivity contribution in [1.29, 1.82) is 0 Å². The second-order valence-electron chi connectivity index (χ2n) is 13.6. The molecule has 0 unspecified atom stereocenters. The standard InChI is InChI=1S/C39H42Cl2N6O5/c1-51-38-23(20-42-21-24-12-16-35(49)45-24)17-30(40)39(47-38)52-33-14-13-26-25(5-2-6-27(26)33)28-7-3-8-29(36(28)41)37(50)46-34-15-11-22(19-44-34)18-43-31-9-4-10-32(31)48/h2-3,5-8,11,15,17,19,24,31-33,42-43,48H,4,9-10,12-14,16,18,20-21H2,1H3,(H,45,49)(H,44,46,50)/t24-,31+,32-,33-/m0/s1. The summed E-state index contributed by atoms with van der Waals surface area (Å²) < 4.78 is 12.0. The smallest absolute Gasteiger partial charge is 0.258 e. The molecule has 3 aliphatic rings. The van der Waals surface area contributed by atoms with Gasteiger partial charge in [0.25, 0.3) is 5.91 Å². The lowest BCUT2D eigenvalue weighted by atomic mass is 9.95. The first-order valence-electron chi connectivity index (χ1n) is 17.8. The molecule has 2 aromatic heterocycles. The van der Waals surface area contributed by atoms with Crippen molar-refractivity contribution in [1.82, 2.24) is 25.9 Å². The van der Waals surface area contributed by atoms with Crippen LogP contribution in [0.2, 0.25) is 10.0 Å². The maximum absolute atomic E-state index is 13.4. The molecule has 2 aliphatic carbocycles. The Morgan fingerprint density at radius 1 is 1.00 bits per heavy atom. The molecule has 7 rings (SSSR count). The van der Waals surface area contributed by atoms with E-state index >= 15 is 0 Å². The highest BCUT2D eigenvalue weighted by atomic mass is 35.5. The number of aliphatic hydroxyl groups is 1. The van der Waals surface area contributed by atoms with Crippen molar-refractivity contribution in [2.45, 2.75) is 82.3 Å². The molecular formula is C39H42Cl2N6O5. The van der Waals surface area contributed by atoms with Crippen LogP contribution in [0, 0.1) is 0 Å². The van der Waals surface area contributed by atoms with Crippen molar-refractivity contribution in [2.75, 3.05) is 19.0 Å². The number of ether oxygens (including phenoxy) is 2. The number of fused-ring (bicyclic) bond motifs is 1. The van der Waals surface area contributed by atoms with Crippen molar-refractivity contribution in [2.24, 2.45) is 0 Å². The molecule has 13 heteroatoms. The van der Waals surface area contributed by atoms with Gasteiger partial charge in [-0.1, -0.05) is 59.6 Å². The van der Waals surface area contributed by atoms with Crippen LogP contribution >= 0.6 is 23.2 Å². The van der Waals surface area contributed by atoms with Crippen LogP contribution in [0.4, 0.5) is 5.82 Å². The number of hydrogen-bond acceptors (Lipinski definition) is 9. The average Bonchev–Trinajstić information content (AvgIpc) is 3.88. The fourth-order valence-corrected chi connectivity index (χ4v) is 7.88. The molecular weight excluding hydrogens is 703 g/mol. The summed E-state index contributed by atoms with van der Waals surface area (Å²) in [4.78, 5) is 34.0. The summed E-state index contributed by atoms with van der Waals surface area (Å²) in [7, 11) is 1.56. The predicted molar refractivity (Wildman–Crippen MR) is 200 cm³/mol. The summed E-state index contributed by atoms with van der Waals surface area (Å²) in [5.74, 6) is 0.850. The van der Waals surface area contributed by atoms with Crippen LogP contribution in [0.15, 0.2) is 60.8 Å². The van der Waals surface area contributed by atoms with Gasteiger partial charge >= 0.3 is 0 Å². The molecule has 2 amide bonds. The molecule has 11 nitrogen and oxygen atoms in total. The molecule has 0 bridgehead atoms. The second kappa shape index (κ2) is 16.2. The van der Waals surface area contributed by atoms with Crippen molar-refractivity contribution in [3.05, 3.63) is 98.7 Å². The van der Waals surface area contributed by atoms with Gasteiger partial charge in [0.2, 0.25) is 17.7 Å². The van der Waals surface area contributed by atoms with Crippen molar-refractivity contribution in [3.8, 4) is 22.9 Å². The van der Waals surface area contributed by atoms with E-state index in [1.54, 1.807) is 31.5 Å². The molecule has 1 aliphatic heterocycles. The number of amides is 2. The fraction of sp³-hybridized carbons (Fsp3) is 0.385. The van der Waals surface area contributed by atoms with Crippen molar-refractivity contribution < 1.29 is 24.2 Å². The quantitative estimate of drug-likeness (QED) is 0.109. The molecule has 2 fully saturated rings. The normalized spacial score (nSPS) is 20.8. The minimum Gasteiger partial charge on any atom is -0.481 e. The van der Waals surface area contributed by atoms with Gasteiger partial charge in [-0.05, 0) is 79.0 Å². The fourth-order valence-electron chi connectivity index (χ4n) is 7.35. The number of anilines is 1. The maximum Gasteiger partial charge on any atom is 0.258 e.